The summed E-state index contributed by atoms with van der Waals surface area (Å²) in [6.45, 7) is 12.7. The molecule has 0 aliphatic carbocycles. The summed E-state index contributed by atoms with van der Waals surface area (Å²) in [5.74, 6) is -0.468. The van der Waals surface area contributed by atoms with Crippen molar-refractivity contribution < 1.29 is 19.1 Å². The van der Waals surface area contributed by atoms with Crippen molar-refractivity contribution in [2.45, 2.75) is 66.1 Å². The molecular weight excluding hydrogens is 232 g/mol. The van der Waals surface area contributed by atoms with Crippen molar-refractivity contribution in [3.63, 3.8) is 0 Å². The number of rotatable bonds is 8. The molecule has 0 aromatic heterocycles. The van der Waals surface area contributed by atoms with Crippen LogP contribution in [-0.4, -0.2) is 24.1 Å². The number of ether oxygens (including phenoxy) is 2. The van der Waals surface area contributed by atoms with E-state index >= 15 is 0 Å². The van der Waals surface area contributed by atoms with Crippen LogP contribution in [0.15, 0.2) is 0 Å². The zero-order valence-corrected chi connectivity index (χ0v) is 12.3. The van der Waals surface area contributed by atoms with Crippen molar-refractivity contribution in [1.29, 1.82) is 0 Å². The quantitative estimate of drug-likeness (QED) is 0.627. The lowest BCUT2D eigenvalue weighted by atomic mass is 9.88. The second kappa shape index (κ2) is 7.39. The maximum absolute atomic E-state index is 12.1. The molecule has 0 bridgehead atoms. The molecular formula is C14H25O4. The first-order valence-corrected chi connectivity index (χ1v) is 6.55. The van der Waals surface area contributed by atoms with Crippen LogP contribution in [0.3, 0.4) is 0 Å². The number of carbonyl (C=O) groups is 1. The molecule has 4 heteroatoms. The number of hydrogen-bond donors (Lipinski definition) is 0. The predicted octanol–water partition coefficient (Wildman–Crippen LogP) is 2.85. The molecule has 0 aromatic rings. The van der Waals surface area contributed by atoms with Gasteiger partial charge in [0.1, 0.15) is 11.7 Å². The Morgan fingerprint density at radius 3 is 2.17 bits per heavy atom. The molecule has 0 aromatic carbocycles. The van der Waals surface area contributed by atoms with Crippen LogP contribution in [0.1, 0.15) is 54.4 Å². The summed E-state index contributed by atoms with van der Waals surface area (Å²) < 4.78 is 10.3. The first kappa shape index (κ1) is 16.9. The van der Waals surface area contributed by atoms with Crippen molar-refractivity contribution >= 4 is 12.4 Å². The van der Waals surface area contributed by atoms with E-state index in [-0.39, 0.29) is 12.1 Å². The summed E-state index contributed by atoms with van der Waals surface area (Å²) in [6.07, 6.45) is 1.38. The van der Waals surface area contributed by atoms with Gasteiger partial charge in [-0.1, -0.05) is 27.2 Å². The SMILES string of the molecule is CCC(C)C(C)OC(=O)C(CC)C(C)(C)O[C]=O. The van der Waals surface area contributed by atoms with Gasteiger partial charge in [-0.3, -0.25) is 4.79 Å². The van der Waals surface area contributed by atoms with Crippen LogP contribution in [0.2, 0.25) is 0 Å². The maximum atomic E-state index is 12.1. The molecule has 0 aliphatic rings. The van der Waals surface area contributed by atoms with Gasteiger partial charge >= 0.3 is 12.4 Å². The number of hydrogen-bond acceptors (Lipinski definition) is 4. The third-order valence-electron chi connectivity index (χ3n) is 3.58. The molecule has 4 nitrogen and oxygen atoms in total. The Bertz CT molecular complexity index is 273. The van der Waals surface area contributed by atoms with E-state index in [1.54, 1.807) is 13.8 Å². The van der Waals surface area contributed by atoms with Crippen LogP contribution in [0, 0.1) is 11.8 Å². The van der Waals surface area contributed by atoms with E-state index in [4.69, 9.17) is 9.47 Å². The van der Waals surface area contributed by atoms with Crippen LogP contribution in [0.25, 0.3) is 0 Å². The Morgan fingerprint density at radius 1 is 1.22 bits per heavy atom. The standard InChI is InChI=1S/C14H25O4/c1-7-10(3)11(4)18-13(16)12(8-2)14(5,6)17-9-15/h10-12H,7-8H2,1-6H3. The van der Waals surface area contributed by atoms with E-state index in [2.05, 4.69) is 6.92 Å². The highest BCUT2D eigenvalue weighted by molar-refractivity contribution is 5.74. The second-order valence-corrected chi connectivity index (χ2v) is 5.28. The van der Waals surface area contributed by atoms with Gasteiger partial charge in [-0.15, -0.1) is 0 Å². The third kappa shape index (κ3) is 4.67. The highest BCUT2D eigenvalue weighted by Crippen LogP contribution is 2.26. The van der Waals surface area contributed by atoms with Crippen LogP contribution in [0.5, 0.6) is 0 Å². The molecule has 0 saturated heterocycles. The van der Waals surface area contributed by atoms with Crippen molar-refractivity contribution in [3.8, 4) is 0 Å². The van der Waals surface area contributed by atoms with E-state index in [1.807, 2.05) is 20.8 Å². The van der Waals surface area contributed by atoms with Crippen LogP contribution in [0.4, 0.5) is 0 Å². The smallest absolute Gasteiger partial charge is 0.418 e. The molecule has 0 saturated carbocycles. The first-order chi connectivity index (χ1) is 8.30. The van der Waals surface area contributed by atoms with Gasteiger partial charge in [-0.25, -0.2) is 4.79 Å². The Morgan fingerprint density at radius 2 is 1.78 bits per heavy atom. The summed E-state index contributed by atoms with van der Waals surface area (Å²) in [4.78, 5) is 22.4. The zero-order valence-electron chi connectivity index (χ0n) is 12.3. The maximum Gasteiger partial charge on any atom is 0.418 e. The van der Waals surface area contributed by atoms with Gasteiger partial charge in [0.25, 0.3) is 0 Å². The third-order valence-corrected chi connectivity index (χ3v) is 3.58. The van der Waals surface area contributed by atoms with E-state index in [0.29, 0.717) is 12.3 Å². The molecule has 3 atom stereocenters. The van der Waals surface area contributed by atoms with Gasteiger partial charge in [-0.2, -0.15) is 0 Å². The van der Waals surface area contributed by atoms with E-state index in [9.17, 15) is 9.59 Å². The summed E-state index contributed by atoms with van der Waals surface area (Å²) in [5.41, 5.74) is -0.886. The lowest BCUT2D eigenvalue weighted by Gasteiger charge is -2.31. The van der Waals surface area contributed by atoms with Crippen LogP contribution >= 0.6 is 0 Å². The Kier molecular flexibility index (Phi) is 6.96. The van der Waals surface area contributed by atoms with Gasteiger partial charge in [-0.05, 0) is 33.1 Å². The van der Waals surface area contributed by atoms with Gasteiger partial charge in [0.15, 0.2) is 0 Å². The van der Waals surface area contributed by atoms with Gasteiger partial charge in [0.2, 0.25) is 0 Å². The molecule has 18 heavy (non-hydrogen) atoms. The molecule has 0 heterocycles. The molecule has 0 N–H and O–H groups in total. The average Bonchev–Trinajstić information content (AvgIpc) is 2.27. The molecule has 0 spiro atoms. The van der Waals surface area contributed by atoms with Gasteiger partial charge in [0.05, 0.1) is 5.92 Å². The van der Waals surface area contributed by atoms with Crippen molar-refractivity contribution in [2.75, 3.05) is 0 Å². The molecule has 0 amide bonds. The molecule has 0 fully saturated rings. The van der Waals surface area contributed by atoms with E-state index in [1.165, 1.54) is 6.47 Å². The lowest BCUT2D eigenvalue weighted by molar-refractivity contribution is -0.163. The normalized spacial score (nSPS) is 16.6. The van der Waals surface area contributed by atoms with Crippen molar-refractivity contribution in [1.82, 2.24) is 0 Å². The molecule has 3 unspecified atom stereocenters. The Balaban J connectivity index is 4.67. The van der Waals surface area contributed by atoms with E-state index in [0.717, 1.165) is 6.42 Å². The zero-order chi connectivity index (χ0) is 14.3. The monoisotopic (exact) mass is 257 g/mol. The molecule has 0 rings (SSSR count). The minimum Gasteiger partial charge on any atom is -0.462 e. The highest BCUT2D eigenvalue weighted by Gasteiger charge is 2.38. The Labute approximate surface area is 110 Å². The van der Waals surface area contributed by atoms with Gasteiger partial charge in [0, 0.05) is 0 Å². The summed E-state index contributed by atoms with van der Waals surface area (Å²) in [5, 5.41) is 0. The topological polar surface area (TPSA) is 52.6 Å². The number of esters is 1. The minimum absolute atomic E-state index is 0.132. The number of carbonyl (C=O) groups excluding carboxylic acids is 2. The van der Waals surface area contributed by atoms with E-state index < -0.39 is 11.5 Å². The molecule has 1 radical (unpaired) electrons. The molecule has 0 aliphatic heterocycles. The summed E-state index contributed by atoms with van der Waals surface area (Å²) >= 11 is 0. The fourth-order valence-corrected chi connectivity index (χ4v) is 1.83. The van der Waals surface area contributed by atoms with Gasteiger partial charge < -0.3 is 9.47 Å². The average molecular weight is 257 g/mol. The lowest BCUT2D eigenvalue weighted by Crippen LogP contribution is -2.41. The fourth-order valence-electron chi connectivity index (χ4n) is 1.83. The summed E-state index contributed by atoms with van der Waals surface area (Å²) in [7, 11) is 0. The Hall–Kier alpha value is -1.06. The fraction of sp³-hybridized carbons (Fsp3) is 0.857. The molecule has 105 valence electrons. The van der Waals surface area contributed by atoms with Crippen LogP contribution in [-0.2, 0) is 19.1 Å². The predicted molar refractivity (Wildman–Crippen MR) is 69.6 cm³/mol. The summed E-state index contributed by atoms with van der Waals surface area (Å²) in [6, 6.07) is 0. The first-order valence-electron chi connectivity index (χ1n) is 6.55. The highest BCUT2D eigenvalue weighted by atomic mass is 16.6. The van der Waals surface area contributed by atoms with Crippen molar-refractivity contribution in [2.24, 2.45) is 11.8 Å². The second-order valence-electron chi connectivity index (χ2n) is 5.28. The minimum atomic E-state index is -0.886. The van der Waals surface area contributed by atoms with Crippen LogP contribution < -0.4 is 0 Å². The largest absolute Gasteiger partial charge is 0.462 e. The van der Waals surface area contributed by atoms with Crippen molar-refractivity contribution in [3.05, 3.63) is 0 Å².